The maximum absolute atomic E-state index is 12.5. The lowest BCUT2D eigenvalue weighted by Crippen LogP contribution is -2.38. The summed E-state index contributed by atoms with van der Waals surface area (Å²) in [5.41, 5.74) is 0. The number of urea groups is 1. The van der Waals surface area contributed by atoms with Crippen LogP contribution in [0.4, 0.5) is 4.79 Å². The van der Waals surface area contributed by atoms with Crippen molar-refractivity contribution in [2.75, 3.05) is 13.7 Å². The normalized spacial score (nSPS) is 17.7. The zero-order valence-electron chi connectivity index (χ0n) is 13.5. The van der Waals surface area contributed by atoms with Crippen LogP contribution in [0.2, 0.25) is 0 Å². The van der Waals surface area contributed by atoms with E-state index in [1.54, 1.807) is 18.4 Å². The number of carbonyl (C=O) groups is 1. The Labute approximate surface area is 140 Å². The van der Waals surface area contributed by atoms with E-state index in [0.29, 0.717) is 13.2 Å². The lowest BCUT2D eigenvalue weighted by atomic mass is 10.2. The Morgan fingerprint density at radius 1 is 1.43 bits per heavy atom. The molecule has 0 spiro atoms. The van der Waals surface area contributed by atoms with Gasteiger partial charge in [0, 0.05) is 23.4 Å². The molecule has 1 aliphatic heterocycles. The predicted molar refractivity (Wildman–Crippen MR) is 89.4 cm³/mol. The highest BCUT2D eigenvalue weighted by Gasteiger charge is 2.32. The molecule has 5 nitrogen and oxygen atoms in total. The first-order chi connectivity index (χ1) is 11.2. The number of nitrogens with zero attached hydrogens (tertiary/aromatic N) is 1. The highest BCUT2D eigenvalue weighted by molar-refractivity contribution is 7.11. The molecule has 3 rings (SSSR count). The number of carbonyl (C=O) groups excluding carboxylic acids is 1. The molecule has 6 heteroatoms. The van der Waals surface area contributed by atoms with Gasteiger partial charge in [0.1, 0.15) is 18.1 Å². The fraction of sp³-hybridized carbons (Fsp3) is 0.471. The quantitative estimate of drug-likeness (QED) is 0.904. The van der Waals surface area contributed by atoms with Gasteiger partial charge in [-0.25, -0.2) is 4.79 Å². The predicted octanol–water partition coefficient (Wildman–Crippen LogP) is 3.84. The van der Waals surface area contributed by atoms with Crippen LogP contribution in [0.3, 0.4) is 0 Å². The summed E-state index contributed by atoms with van der Waals surface area (Å²) in [6.07, 6.45) is 1.93. The molecule has 1 N–H and O–H groups in total. The molecule has 0 aromatic carbocycles. The smallest absolute Gasteiger partial charge is 0.318 e. The van der Waals surface area contributed by atoms with E-state index >= 15 is 0 Å². The van der Waals surface area contributed by atoms with E-state index in [9.17, 15) is 4.79 Å². The van der Waals surface area contributed by atoms with Crippen molar-refractivity contribution >= 4 is 17.4 Å². The molecule has 1 saturated heterocycles. The summed E-state index contributed by atoms with van der Waals surface area (Å²) >= 11 is 1.71. The van der Waals surface area contributed by atoms with Crippen LogP contribution in [0, 0.1) is 6.92 Å². The fourth-order valence-corrected chi connectivity index (χ4v) is 3.77. The molecule has 2 aromatic rings. The molecule has 1 fully saturated rings. The number of methoxy groups -OCH3 is 1. The molecular weight excluding hydrogens is 312 g/mol. The standard InChI is InChI=1S/C17H22N2O3S/c1-12-5-7-14(23-12)10-18-17(20)19-9-3-4-15(19)16-8-6-13(22-16)11-21-2/h5-8,15H,3-4,9-11H2,1-2H3,(H,18,20)/t15-/m1/s1. The first-order valence-electron chi connectivity index (χ1n) is 7.84. The number of rotatable bonds is 5. The van der Waals surface area contributed by atoms with Crippen molar-refractivity contribution in [1.29, 1.82) is 0 Å². The van der Waals surface area contributed by atoms with Gasteiger partial charge in [-0.05, 0) is 44.0 Å². The van der Waals surface area contributed by atoms with Crippen molar-refractivity contribution in [2.24, 2.45) is 0 Å². The zero-order valence-corrected chi connectivity index (χ0v) is 14.3. The third-order valence-corrected chi connectivity index (χ3v) is 5.02. The average Bonchev–Trinajstić information content (AvgIpc) is 3.24. The van der Waals surface area contributed by atoms with Crippen LogP contribution in [0.25, 0.3) is 0 Å². The van der Waals surface area contributed by atoms with E-state index < -0.39 is 0 Å². The van der Waals surface area contributed by atoms with Gasteiger partial charge < -0.3 is 19.4 Å². The molecule has 2 aromatic heterocycles. The van der Waals surface area contributed by atoms with Crippen LogP contribution in [0.5, 0.6) is 0 Å². The number of ether oxygens (including phenoxy) is 1. The third-order valence-electron chi connectivity index (χ3n) is 4.02. The third kappa shape index (κ3) is 3.76. The van der Waals surface area contributed by atoms with Crippen LogP contribution < -0.4 is 5.32 Å². The Balaban J connectivity index is 1.62. The molecule has 1 aliphatic rings. The molecule has 0 aliphatic carbocycles. The highest BCUT2D eigenvalue weighted by atomic mass is 32.1. The van der Waals surface area contributed by atoms with Crippen LogP contribution in [0.1, 0.15) is 40.2 Å². The van der Waals surface area contributed by atoms with Crippen molar-refractivity contribution < 1.29 is 13.9 Å². The van der Waals surface area contributed by atoms with Crippen LogP contribution in [0.15, 0.2) is 28.7 Å². The largest absolute Gasteiger partial charge is 0.461 e. The van der Waals surface area contributed by atoms with Crippen LogP contribution in [-0.4, -0.2) is 24.6 Å². The highest BCUT2D eigenvalue weighted by Crippen LogP contribution is 2.33. The topological polar surface area (TPSA) is 54.7 Å². The minimum Gasteiger partial charge on any atom is -0.461 e. The molecular formula is C17H22N2O3S. The zero-order chi connectivity index (χ0) is 16.2. The van der Waals surface area contributed by atoms with E-state index in [4.69, 9.17) is 9.15 Å². The summed E-state index contributed by atoms with van der Waals surface area (Å²) in [6.45, 7) is 3.87. The number of thiophene rings is 1. The van der Waals surface area contributed by atoms with Crippen LogP contribution in [-0.2, 0) is 17.9 Å². The summed E-state index contributed by atoms with van der Waals surface area (Å²) in [7, 11) is 1.64. The molecule has 3 heterocycles. The Morgan fingerprint density at radius 2 is 2.30 bits per heavy atom. The number of hydrogen-bond donors (Lipinski definition) is 1. The van der Waals surface area contributed by atoms with Gasteiger partial charge in [-0.15, -0.1) is 11.3 Å². The maximum atomic E-state index is 12.5. The van der Waals surface area contributed by atoms with Gasteiger partial charge in [-0.3, -0.25) is 0 Å². The SMILES string of the molecule is COCc1ccc([C@H]2CCCN2C(=O)NCc2ccc(C)s2)o1. The van der Waals surface area contributed by atoms with E-state index in [2.05, 4.69) is 24.4 Å². The van der Waals surface area contributed by atoms with Crippen molar-refractivity contribution in [3.8, 4) is 0 Å². The van der Waals surface area contributed by atoms with Gasteiger partial charge in [0.25, 0.3) is 0 Å². The minimum absolute atomic E-state index is 0.0191. The molecule has 1 atom stereocenters. The average molecular weight is 334 g/mol. The lowest BCUT2D eigenvalue weighted by molar-refractivity contribution is 0.156. The van der Waals surface area contributed by atoms with Gasteiger partial charge in [0.05, 0.1) is 12.6 Å². The first kappa shape index (κ1) is 16.1. The van der Waals surface area contributed by atoms with Gasteiger partial charge in [-0.2, -0.15) is 0 Å². The Hall–Kier alpha value is -1.79. The number of aryl methyl sites for hydroxylation is 1. The summed E-state index contributed by atoms with van der Waals surface area (Å²) in [6, 6.07) is 8.00. The summed E-state index contributed by atoms with van der Waals surface area (Å²) < 4.78 is 10.9. The van der Waals surface area contributed by atoms with E-state index in [0.717, 1.165) is 30.9 Å². The molecule has 0 saturated carbocycles. The van der Waals surface area contributed by atoms with Gasteiger partial charge in [0.15, 0.2) is 0 Å². The Kier molecular flexibility index (Phi) is 5.03. The number of hydrogen-bond acceptors (Lipinski definition) is 4. The van der Waals surface area contributed by atoms with E-state index in [1.165, 1.54) is 9.75 Å². The Bertz CT molecular complexity index is 664. The maximum Gasteiger partial charge on any atom is 0.318 e. The molecule has 0 unspecified atom stereocenters. The van der Waals surface area contributed by atoms with Gasteiger partial charge in [-0.1, -0.05) is 0 Å². The molecule has 0 bridgehead atoms. The molecule has 23 heavy (non-hydrogen) atoms. The second-order valence-corrected chi connectivity index (χ2v) is 7.13. The number of furan rings is 1. The monoisotopic (exact) mass is 334 g/mol. The molecule has 0 radical (unpaired) electrons. The molecule has 2 amide bonds. The number of amides is 2. The van der Waals surface area contributed by atoms with Crippen molar-refractivity contribution in [1.82, 2.24) is 10.2 Å². The Morgan fingerprint density at radius 3 is 3.04 bits per heavy atom. The van der Waals surface area contributed by atoms with Crippen molar-refractivity contribution in [2.45, 2.75) is 39.0 Å². The molecule has 124 valence electrons. The van der Waals surface area contributed by atoms with E-state index in [-0.39, 0.29) is 12.1 Å². The minimum atomic E-state index is -0.0248. The van der Waals surface area contributed by atoms with Gasteiger partial charge in [0.2, 0.25) is 0 Å². The lowest BCUT2D eigenvalue weighted by Gasteiger charge is -2.23. The second-order valence-electron chi connectivity index (χ2n) is 5.76. The summed E-state index contributed by atoms with van der Waals surface area (Å²) in [5, 5.41) is 3.02. The summed E-state index contributed by atoms with van der Waals surface area (Å²) in [4.78, 5) is 16.8. The second kappa shape index (κ2) is 7.19. The van der Waals surface area contributed by atoms with E-state index in [1.807, 2.05) is 17.0 Å². The van der Waals surface area contributed by atoms with Crippen molar-refractivity contribution in [3.63, 3.8) is 0 Å². The first-order valence-corrected chi connectivity index (χ1v) is 8.66. The number of likely N-dealkylation sites (tertiary alicyclic amines) is 1. The summed E-state index contributed by atoms with van der Waals surface area (Å²) in [5.74, 6) is 1.64. The number of nitrogens with one attached hydrogen (secondary N) is 1. The van der Waals surface area contributed by atoms with Crippen LogP contribution >= 0.6 is 11.3 Å². The van der Waals surface area contributed by atoms with Crippen molar-refractivity contribution in [3.05, 3.63) is 45.5 Å². The fourth-order valence-electron chi connectivity index (χ4n) is 2.94. The van der Waals surface area contributed by atoms with Gasteiger partial charge >= 0.3 is 6.03 Å².